The molecule has 1 atom stereocenters. The van der Waals surface area contributed by atoms with Crippen LogP contribution in [0, 0.1) is 0 Å². The number of fused-ring (bicyclic) bond motifs is 1. The molecule has 0 saturated heterocycles. The number of nitrogens with one attached hydrogen (secondary N) is 1. The van der Waals surface area contributed by atoms with Crippen molar-refractivity contribution in [2.75, 3.05) is 14.2 Å². The third-order valence-corrected chi connectivity index (χ3v) is 5.10. The second-order valence-electron chi connectivity index (χ2n) is 4.38. The van der Waals surface area contributed by atoms with E-state index in [2.05, 4.69) is 5.32 Å². The fourth-order valence-electron chi connectivity index (χ4n) is 2.03. The number of hydrogen-bond donors (Lipinski definition) is 1. The highest BCUT2D eigenvalue weighted by Gasteiger charge is 2.31. The molecule has 0 radical (unpaired) electrons. The minimum Gasteiger partial charge on any atom is -0.496 e. The number of methoxy groups -OCH3 is 1. The smallest absolute Gasteiger partial charge is 0.203 e. The lowest BCUT2D eigenvalue weighted by molar-refractivity contribution is 0.412. The Morgan fingerprint density at radius 3 is 2.72 bits per heavy atom. The number of rotatable bonds is 4. The average Bonchev–Trinajstić information content (AvgIpc) is 2.61. The Hall–Kier alpha value is -1.33. The van der Waals surface area contributed by atoms with Gasteiger partial charge in [-0.3, -0.25) is 0 Å². The minimum atomic E-state index is -3.34. The predicted octanol–water partition coefficient (Wildman–Crippen LogP) is 1.82. The van der Waals surface area contributed by atoms with Crippen molar-refractivity contribution in [3.8, 4) is 5.75 Å². The Morgan fingerprint density at radius 1 is 1.39 bits per heavy atom. The first-order chi connectivity index (χ1) is 8.50. The normalized spacial score (nSPS) is 18.1. The fraction of sp³-hybridized carbons (Fsp3) is 0.385. The van der Waals surface area contributed by atoms with Gasteiger partial charge in [0.2, 0.25) is 9.84 Å². The molecule has 0 amide bonds. The van der Waals surface area contributed by atoms with Crippen LogP contribution in [0.25, 0.3) is 6.08 Å². The molecule has 0 aromatic heterocycles. The van der Waals surface area contributed by atoms with E-state index in [9.17, 15) is 8.42 Å². The van der Waals surface area contributed by atoms with Crippen LogP contribution < -0.4 is 10.1 Å². The highest BCUT2D eigenvalue weighted by Crippen LogP contribution is 2.39. The standard InChI is InChI=1S/C13H17NO3S/c1-9(14-2)7-10-8-11-12(17-3)5-4-6-13(11)18(10,15)16/h4-6,8-9,14H,7H2,1-3H3. The molecule has 1 aliphatic rings. The van der Waals surface area contributed by atoms with E-state index in [1.807, 2.05) is 14.0 Å². The van der Waals surface area contributed by atoms with E-state index in [4.69, 9.17) is 4.74 Å². The molecule has 0 bridgehead atoms. The van der Waals surface area contributed by atoms with E-state index in [1.165, 1.54) is 0 Å². The number of hydrogen-bond acceptors (Lipinski definition) is 4. The van der Waals surface area contributed by atoms with E-state index < -0.39 is 9.84 Å². The van der Waals surface area contributed by atoms with Crippen LogP contribution in [0.4, 0.5) is 0 Å². The molecule has 98 valence electrons. The summed E-state index contributed by atoms with van der Waals surface area (Å²) in [6, 6.07) is 5.22. The summed E-state index contributed by atoms with van der Waals surface area (Å²) in [5.41, 5.74) is 0.665. The molecule has 0 fully saturated rings. The molecule has 1 aromatic rings. The van der Waals surface area contributed by atoms with Gasteiger partial charge in [0.1, 0.15) is 5.75 Å². The van der Waals surface area contributed by atoms with Gasteiger partial charge in [-0.15, -0.1) is 0 Å². The van der Waals surface area contributed by atoms with E-state index in [0.717, 1.165) is 0 Å². The van der Waals surface area contributed by atoms with Crippen LogP contribution in [0.2, 0.25) is 0 Å². The van der Waals surface area contributed by atoms with Crippen molar-refractivity contribution in [2.45, 2.75) is 24.3 Å². The highest BCUT2D eigenvalue weighted by molar-refractivity contribution is 7.95. The maximum atomic E-state index is 12.4. The third kappa shape index (κ3) is 2.04. The largest absolute Gasteiger partial charge is 0.496 e. The lowest BCUT2D eigenvalue weighted by Gasteiger charge is -2.10. The van der Waals surface area contributed by atoms with Crippen molar-refractivity contribution in [3.05, 3.63) is 28.7 Å². The van der Waals surface area contributed by atoms with Gasteiger partial charge in [0.05, 0.1) is 16.9 Å². The summed E-state index contributed by atoms with van der Waals surface area (Å²) in [5.74, 6) is 0.600. The second-order valence-corrected chi connectivity index (χ2v) is 6.35. The van der Waals surface area contributed by atoms with Crippen LogP contribution in [0.15, 0.2) is 28.0 Å². The molecule has 2 rings (SSSR count). The van der Waals surface area contributed by atoms with Crippen LogP contribution in [0.5, 0.6) is 5.75 Å². The van der Waals surface area contributed by atoms with Gasteiger partial charge in [0.15, 0.2) is 0 Å². The lowest BCUT2D eigenvalue weighted by atomic mass is 10.1. The zero-order valence-corrected chi connectivity index (χ0v) is 11.5. The molecule has 1 N–H and O–H groups in total. The Labute approximate surface area is 108 Å². The zero-order valence-electron chi connectivity index (χ0n) is 10.7. The van der Waals surface area contributed by atoms with Crippen molar-refractivity contribution >= 4 is 15.9 Å². The molecule has 1 aliphatic heterocycles. The summed E-state index contributed by atoms with van der Waals surface area (Å²) >= 11 is 0. The SMILES string of the molecule is CNC(C)CC1=Cc2c(OC)cccc2S1(=O)=O. The van der Waals surface area contributed by atoms with E-state index >= 15 is 0 Å². The van der Waals surface area contributed by atoms with Crippen molar-refractivity contribution in [3.63, 3.8) is 0 Å². The average molecular weight is 267 g/mol. The summed E-state index contributed by atoms with van der Waals surface area (Å²) in [6.07, 6.45) is 2.20. The van der Waals surface area contributed by atoms with Crippen LogP contribution in [-0.4, -0.2) is 28.6 Å². The van der Waals surface area contributed by atoms with Gasteiger partial charge in [-0.25, -0.2) is 8.42 Å². The molecule has 4 nitrogen and oxygen atoms in total. The van der Waals surface area contributed by atoms with E-state index in [-0.39, 0.29) is 6.04 Å². The fourth-order valence-corrected chi connectivity index (χ4v) is 3.76. The molecule has 0 saturated carbocycles. The van der Waals surface area contributed by atoms with E-state index in [0.29, 0.717) is 27.5 Å². The number of sulfone groups is 1. The molecule has 1 heterocycles. The van der Waals surface area contributed by atoms with Gasteiger partial charge < -0.3 is 10.1 Å². The maximum absolute atomic E-state index is 12.4. The van der Waals surface area contributed by atoms with Crippen LogP contribution in [0.3, 0.4) is 0 Å². The number of ether oxygens (including phenoxy) is 1. The molecular formula is C13H17NO3S. The van der Waals surface area contributed by atoms with Crippen molar-refractivity contribution in [2.24, 2.45) is 0 Å². The minimum absolute atomic E-state index is 0.117. The summed E-state index contributed by atoms with van der Waals surface area (Å²) in [6.45, 7) is 1.95. The molecule has 1 unspecified atom stereocenters. The number of benzene rings is 1. The molecular weight excluding hydrogens is 250 g/mol. The predicted molar refractivity (Wildman–Crippen MR) is 71.3 cm³/mol. The van der Waals surface area contributed by atoms with Gasteiger partial charge in [-0.05, 0) is 38.6 Å². The van der Waals surface area contributed by atoms with Crippen LogP contribution >= 0.6 is 0 Å². The van der Waals surface area contributed by atoms with Gasteiger partial charge in [-0.2, -0.15) is 0 Å². The Morgan fingerprint density at radius 2 is 2.11 bits per heavy atom. The van der Waals surface area contributed by atoms with Crippen molar-refractivity contribution in [1.82, 2.24) is 5.32 Å². The summed E-state index contributed by atoms with van der Waals surface area (Å²) in [7, 11) is 0.0229. The second kappa shape index (κ2) is 4.74. The monoisotopic (exact) mass is 267 g/mol. The highest BCUT2D eigenvalue weighted by atomic mass is 32.2. The summed E-state index contributed by atoms with van der Waals surface area (Å²) < 4.78 is 29.9. The Balaban J connectivity index is 2.49. The molecule has 0 aliphatic carbocycles. The van der Waals surface area contributed by atoms with Gasteiger partial charge in [-0.1, -0.05) is 6.07 Å². The molecule has 18 heavy (non-hydrogen) atoms. The summed E-state index contributed by atoms with van der Waals surface area (Å²) in [5, 5.41) is 3.05. The topological polar surface area (TPSA) is 55.4 Å². The molecule has 5 heteroatoms. The van der Waals surface area contributed by atoms with Gasteiger partial charge >= 0.3 is 0 Å². The van der Waals surface area contributed by atoms with Crippen molar-refractivity contribution in [1.29, 1.82) is 0 Å². The lowest BCUT2D eigenvalue weighted by Crippen LogP contribution is -2.22. The Kier molecular flexibility index (Phi) is 3.45. The quantitative estimate of drug-likeness (QED) is 0.904. The van der Waals surface area contributed by atoms with Gasteiger partial charge in [0.25, 0.3) is 0 Å². The third-order valence-electron chi connectivity index (χ3n) is 3.19. The molecule has 1 aromatic carbocycles. The molecule has 0 spiro atoms. The maximum Gasteiger partial charge on any atom is 0.203 e. The van der Waals surface area contributed by atoms with Crippen LogP contribution in [-0.2, 0) is 9.84 Å². The first kappa shape index (κ1) is 13.1. The Bertz CT molecular complexity index is 590. The van der Waals surface area contributed by atoms with Gasteiger partial charge in [0, 0.05) is 11.6 Å². The first-order valence-electron chi connectivity index (χ1n) is 5.80. The van der Waals surface area contributed by atoms with Crippen LogP contribution in [0.1, 0.15) is 18.9 Å². The first-order valence-corrected chi connectivity index (χ1v) is 7.29. The summed E-state index contributed by atoms with van der Waals surface area (Å²) in [4.78, 5) is 0.795. The zero-order chi connectivity index (χ0) is 13.3. The van der Waals surface area contributed by atoms with E-state index in [1.54, 1.807) is 31.4 Å². The van der Waals surface area contributed by atoms with Crippen molar-refractivity contribution < 1.29 is 13.2 Å².